The minimum absolute atomic E-state index is 0.243. The molecule has 1 aliphatic rings. The van der Waals surface area contributed by atoms with E-state index < -0.39 is 0 Å². The maximum atomic E-state index is 12.8. The van der Waals surface area contributed by atoms with Gasteiger partial charge < -0.3 is 30.2 Å². The quantitative estimate of drug-likeness (QED) is 0.389. The molecular formula is C24H25ClN4O5. The number of urea groups is 1. The lowest BCUT2D eigenvalue weighted by molar-refractivity contribution is 0.0935. The Bertz CT molecular complexity index is 1220. The number of rotatable bonds is 9. The van der Waals surface area contributed by atoms with E-state index in [9.17, 15) is 9.59 Å². The van der Waals surface area contributed by atoms with Crippen LogP contribution >= 0.6 is 11.6 Å². The molecule has 0 spiro atoms. The number of nitrogens with one attached hydrogen (secondary N) is 3. The zero-order valence-electron chi connectivity index (χ0n) is 18.8. The van der Waals surface area contributed by atoms with Gasteiger partial charge in [-0.1, -0.05) is 11.6 Å². The molecule has 0 bridgehead atoms. The Hall–Kier alpha value is -3.56. The maximum absolute atomic E-state index is 12.8. The van der Waals surface area contributed by atoms with Crippen LogP contribution in [0.4, 0.5) is 10.5 Å². The Labute approximate surface area is 201 Å². The lowest BCUT2D eigenvalue weighted by Crippen LogP contribution is -2.30. The lowest BCUT2D eigenvalue weighted by atomic mass is 10.1. The molecule has 3 amide bonds. The van der Waals surface area contributed by atoms with Crippen molar-refractivity contribution < 1.29 is 23.8 Å². The number of amides is 3. The number of halogens is 1. The number of pyridine rings is 1. The fraction of sp³-hybridized carbons (Fsp3) is 0.292. The number of carbonyl (C=O) groups is 2. The maximum Gasteiger partial charge on any atom is 0.319 e. The van der Waals surface area contributed by atoms with Crippen molar-refractivity contribution in [3.63, 3.8) is 0 Å². The lowest BCUT2D eigenvalue weighted by Gasteiger charge is -2.15. The van der Waals surface area contributed by atoms with E-state index in [1.807, 2.05) is 0 Å². The Morgan fingerprint density at radius 2 is 1.94 bits per heavy atom. The summed E-state index contributed by atoms with van der Waals surface area (Å²) in [6.07, 6.45) is 3.55. The highest BCUT2D eigenvalue weighted by Gasteiger charge is 2.23. The Morgan fingerprint density at radius 1 is 1.12 bits per heavy atom. The first-order chi connectivity index (χ1) is 16.5. The third kappa shape index (κ3) is 5.49. The molecular weight excluding hydrogens is 460 g/mol. The molecule has 0 radical (unpaired) electrons. The van der Waals surface area contributed by atoms with Gasteiger partial charge in [0.1, 0.15) is 22.8 Å². The van der Waals surface area contributed by atoms with Crippen molar-refractivity contribution >= 4 is 40.1 Å². The second kappa shape index (κ2) is 10.6. The molecule has 3 aromatic rings. The van der Waals surface area contributed by atoms with Crippen molar-refractivity contribution in [1.29, 1.82) is 0 Å². The van der Waals surface area contributed by atoms with Crippen molar-refractivity contribution in [2.24, 2.45) is 0 Å². The van der Waals surface area contributed by atoms with E-state index in [4.69, 9.17) is 25.8 Å². The molecule has 9 nitrogen and oxygen atoms in total. The van der Waals surface area contributed by atoms with E-state index >= 15 is 0 Å². The molecule has 1 saturated carbocycles. The summed E-state index contributed by atoms with van der Waals surface area (Å²) in [5, 5.41) is 9.35. The van der Waals surface area contributed by atoms with Crippen LogP contribution in [-0.2, 0) is 4.74 Å². The van der Waals surface area contributed by atoms with E-state index in [0.29, 0.717) is 57.6 Å². The predicted octanol–water partition coefficient (Wildman–Crippen LogP) is 4.35. The Kier molecular flexibility index (Phi) is 7.34. The highest BCUT2D eigenvalue weighted by Crippen LogP contribution is 2.36. The molecule has 0 atom stereocenters. The third-order valence-corrected chi connectivity index (χ3v) is 5.52. The van der Waals surface area contributed by atoms with E-state index in [0.717, 1.165) is 12.8 Å². The number of methoxy groups -OCH3 is 2. The summed E-state index contributed by atoms with van der Waals surface area (Å²) in [6, 6.07) is 10.1. The molecule has 1 fully saturated rings. The van der Waals surface area contributed by atoms with Gasteiger partial charge in [0.2, 0.25) is 0 Å². The zero-order valence-corrected chi connectivity index (χ0v) is 19.6. The number of fused-ring (bicyclic) bond motifs is 1. The van der Waals surface area contributed by atoms with Crippen LogP contribution in [0.25, 0.3) is 10.9 Å². The first kappa shape index (κ1) is 23.6. The number of anilines is 1. The molecule has 4 rings (SSSR count). The van der Waals surface area contributed by atoms with Gasteiger partial charge in [-0.25, -0.2) is 4.79 Å². The van der Waals surface area contributed by atoms with Crippen LogP contribution in [0.2, 0.25) is 5.02 Å². The normalized spacial score (nSPS) is 12.8. The van der Waals surface area contributed by atoms with Gasteiger partial charge in [0.25, 0.3) is 5.91 Å². The smallest absolute Gasteiger partial charge is 0.319 e. The SMILES string of the molecule is COCCNC(=O)c1c(OC)ccc2c(Oc3ccc(NC(=O)NC4CC4)c(Cl)c3)ccnc12. The van der Waals surface area contributed by atoms with Gasteiger partial charge in [0.15, 0.2) is 0 Å². The van der Waals surface area contributed by atoms with Crippen LogP contribution in [0.3, 0.4) is 0 Å². The molecule has 3 N–H and O–H groups in total. The van der Waals surface area contributed by atoms with Gasteiger partial charge in [-0.3, -0.25) is 9.78 Å². The first-order valence-electron chi connectivity index (χ1n) is 10.8. The van der Waals surface area contributed by atoms with E-state index in [1.54, 1.807) is 49.7 Å². The number of aromatic nitrogens is 1. The summed E-state index contributed by atoms with van der Waals surface area (Å²) >= 11 is 6.36. The predicted molar refractivity (Wildman–Crippen MR) is 129 cm³/mol. The van der Waals surface area contributed by atoms with Crippen LogP contribution in [0.15, 0.2) is 42.6 Å². The summed E-state index contributed by atoms with van der Waals surface area (Å²) in [7, 11) is 3.06. The number of ether oxygens (including phenoxy) is 3. The van der Waals surface area contributed by atoms with E-state index in [-0.39, 0.29) is 18.0 Å². The van der Waals surface area contributed by atoms with Crippen molar-refractivity contribution in [3.8, 4) is 17.2 Å². The van der Waals surface area contributed by atoms with Gasteiger partial charge in [-0.15, -0.1) is 0 Å². The Balaban J connectivity index is 1.58. The molecule has 1 heterocycles. The topological polar surface area (TPSA) is 111 Å². The van der Waals surface area contributed by atoms with Crippen LogP contribution in [-0.4, -0.2) is 50.3 Å². The number of hydrogen-bond acceptors (Lipinski definition) is 6. The van der Waals surface area contributed by atoms with Crippen LogP contribution in [0.5, 0.6) is 17.2 Å². The van der Waals surface area contributed by atoms with Crippen molar-refractivity contribution in [2.45, 2.75) is 18.9 Å². The van der Waals surface area contributed by atoms with Crippen LogP contribution in [0.1, 0.15) is 23.2 Å². The molecule has 2 aromatic carbocycles. The average molecular weight is 485 g/mol. The summed E-state index contributed by atoms with van der Waals surface area (Å²) in [6.45, 7) is 0.733. The minimum atomic E-state index is -0.327. The molecule has 1 aliphatic carbocycles. The van der Waals surface area contributed by atoms with Gasteiger partial charge in [-0.05, 0) is 43.2 Å². The zero-order chi connectivity index (χ0) is 24.1. The molecule has 1 aromatic heterocycles. The monoisotopic (exact) mass is 484 g/mol. The Morgan fingerprint density at radius 3 is 2.65 bits per heavy atom. The number of benzene rings is 2. The standard InChI is InChI=1S/C24H25ClN4O5/c1-32-12-11-27-23(30)21-20(33-2)8-6-16-19(9-10-26-22(16)21)34-15-5-7-18(17(25)13-15)29-24(31)28-14-3-4-14/h5-10,13-14H,3-4,11-12H2,1-2H3,(H,27,30)(H2,28,29,31). The molecule has 0 saturated heterocycles. The van der Waals surface area contributed by atoms with Crippen molar-refractivity contribution in [1.82, 2.24) is 15.6 Å². The van der Waals surface area contributed by atoms with Crippen LogP contribution < -0.4 is 25.4 Å². The fourth-order valence-electron chi connectivity index (χ4n) is 3.37. The average Bonchev–Trinajstić information content (AvgIpc) is 3.64. The molecule has 0 aliphatic heterocycles. The fourth-order valence-corrected chi connectivity index (χ4v) is 3.59. The van der Waals surface area contributed by atoms with Gasteiger partial charge in [0.05, 0.1) is 29.9 Å². The van der Waals surface area contributed by atoms with Crippen molar-refractivity contribution in [2.75, 3.05) is 32.7 Å². The summed E-state index contributed by atoms with van der Waals surface area (Å²) in [5.74, 6) is 1.02. The number of carbonyl (C=O) groups excluding carboxylic acids is 2. The van der Waals surface area contributed by atoms with E-state index in [2.05, 4.69) is 20.9 Å². The van der Waals surface area contributed by atoms with Gasteiger partial charge in [0, 0.05) is 37.3 Å². The third-order valence-electron chi connectivity index (χ3n) is 5.20. The second-order valence-corrected chi connectivity index (χ2v) is 8.12. The first-order valence-corrected chi connectivity index (χ1v) is 11.2. The molecule has 178 valence electrons. The van der Waals surface area contributed by atoms with Gasteiger partial charge >= 0.3 is 6.03 Å². The second-order valence-electron chi connectivity index (χ2n) is 7.71. The van der Waals surface area contributed by atoms with E-state index in [1.165, 1.54) is 7.11 Å². The molecule has 0 unspecified atom stereocenters. The minimum Gasteiger partial charge on any atom is -0.496 e. The highest BCUT2D eigenvalue weighted by molar-refractivity contribution is 6.33. The number of hydrogen-bond donors (Lipinski definition) is 3. The summed E-state index contributed by atoms with van der Waals surface area (Å²) in [4.78, 5) is 29.2. The van der Waals surface area contributed by atoms with Crippen LogP contribution in [0, 0.1) is 0 Å². The summed E-state index contributed by atoms with van der Waals surface area (Å²) < 4.78 is 16.5. The summed E-state index contributed by atoms with van der Waals surface area (Å²) in [5.41, 5.74) is 1.22. The van der Waals surface area contributed by atoms with Crippen molar-refractivity contribution in [3.05, 3.63) is 53.2 Å². The highest BCUT2D eigenvalue weighted by atomic mass is 35.5. The number of nitrogens with zero attached hydrogens (tertiary/aromatic N) is 1. The molecule has 34 heavy (non-hydrogen) atoms. The largest absolute Gasteiger partial charge is 0.496 e. The molecule has 10 heteroatoms. The van der Waals surface area contributed by atoms with Gasteiger partial charge in [-0.2, -0.15) is 0 Å².